The summed E-state index contributed by atoms with van der Waals surface area (Å²) >= 11 is 0. The van der Waals surface area contributed by atoms with Gasteiger partial charge in [0, 0.05) is 18.0 Å². The predicted molar refractivity (Wildman–Crippen MR) is 61.6 cm³/mol. The van der Waals surface area contributed by atoms with Gasteiger partial charge < -0.3 is 4.42 Å². The highest BCUT2D eigenvalue weighted by Gasteiger charge is 2.10. The number of rotatable bonds is 2. The number of fused-ring (bicyclic) bond motifs is 1. The number of benzene rings is 1. The van der Waals surface area contributed by atoms with Crippen LogP contribution < -0.4 is 0 Å². The Balaban J connectivity index is 2.31. The monoisotopic (exact) mass is 227 g/mol. The maximum Gasteiger partial charge on any atom is 0.153 e. The molecule has 1 aromatic carbocycles. The average molecular weight is 227 g/mol. The lowest BCUT2D eigenvalue weighted by molar-refractivity contribution is 0.112. The van der Waals surface area contributed by atoms with Crippen molar-refractivity contribution >= 4 is 17.3 Å². The van der Waals surface area contributed by atoms with E-state index in [1.165, 1.54) is 0 Å². The number of carbonyl (C=O) groups is 1. The zero-order chi connectivity index (χ0) is 11.8. The zero-order valence-corrected chi connectivity index (χ0v) is 9.12. The van der Waals surface area contributed by atoms with Gasteiger partial charge in [0.1, 0.15) is 5.58 Å². The molecule has 3 rings (SSSR count). The lowest BCUT2D eigenvalue weighted by Crippen LogP contribution is -1.94. The molecule has 3 aromatic rings. The third-order valence-electron chi connectivity index (χ3n) is 2.72. The minimum absolute atomic E-state index is 0.531. The number of aryl methyl sites for hydroxylation is 1. The third-order valence-corrected chi connectivity index (χ3v) is 2.72. The first-order valence-corrected chi connectivity index (χ1v) is 5.11. The number of aromatic nitrogens is 3. The number of hydrogen-bond donors (Lipinski definition) is 0. The normalized spacial score (nSPS) is 10.9. The Kier molecular flexibility index (Phi) is 2.04. The first-order valence-electron chi connectivity index (χ1n) is 5.11. The summed E-state index contributed by atoms with van der Waals surface area (Å²) in [6.45, 7) is 0. The smallest absolute Gasteiger partial charge is 0.153 e. The summed E-state index contributed by atoms with van der Waals surface area (Å²) in [6.07, 6.45) is 4.03. The molecule has 0 N–H and O–H groups in total. The zero-order valence-electron chi connectivity index (χ0n) is 9.12. The van der Waals surface area contributed by atoms with Gasteiger partial charge in [0.25, 0.3) is 0 Å². The minimum Gasteiger partial charge on any atom is -0.464 e. The Morgan fingerprint density at radius 1 is 1.41 bits per heavy atom. The molecule has 0 bridgehead atoms. The van der Waals surface area contributed by atoms with Gasteiger partial charge in [-0.15, -0.1) is 5.10 Å². The number of carbonyl (C=O) groups excluding carboxylic acids is 1. The molecule has 0 aliphatic rings. The van der Waals surface area contributed by atoms with Crippen LogP contribution in [0.4, 0.5) is 0 Å². The van der Waals surface area contributed by atoms with E-state index in [-0.39, 0.29) is 0 Å². The van der Waals surface area contributed by atoms with E-state index in [4.69, 9.17) is 4.42 Å². The molecule has 17 heavy (non-hydrogen) atoms. The fourth-order valence-electron chi connectivity index (χ4n) is 1.90. The van der Waals surface area contributed by atoms with Crippen molar-refractivity contribution in [2.75, 3.05) is 0 Å². The molecule has 0 fully saturated rings. The Morgan fingerprint density at radius 2 is 2.29 bits per heavy atom. The quantitative estimate of drug-likeness (QED) is 0.628. The molecule has 0 atom stereocenters. The molecule has 0 aliphatic carbocycles. The molecule has 0 saturated heterocycles. The van der Waals surface area contributed by atoms with Gasteiger partial charge in [-0.05, 0) is 18.2 Å². The second-order valence-corrected chi connectivity index (χ2v) is 3.77. The molecule has 2 heterocycles. The van der Waals surface area contributed by atoms with Gasteiger partial charge in [0.2, 0.25) is 0 Å². The van der Waals surface area contributed by atoms with Crippen molar-refractivity contribution < 1.29 is 9.21 Å². The van der Waals surface area contributed by atoms with Crippen LogP contribution >= 0.6 is 0 Å². The van der Waals surface area contributed by atoms with E-state index in [0.29, 0.717) is 11.1 Å². The van der Waals surface area contributed by atoms with Crippen LogP contribution in [-0.4, -0.2) is 21.3 Å². The van der Waals surface area contributed by atoms with Crippen LogP contribution in [0.15, 0.2) is 35.1 Å². The summed E-state index contributed by atoms with van der Waals surface area (Å²) in [5.74, 6) is 0. The van der Waals surface area contributed by atoms with Crippen LogP contribution in [0.2, 0.25) is 0 Å². The number of nitrogens with zero attached hydrogens (tertiary/aromatic N) is 3. The Labute approximate surface area is 96.7 Å². The molecular weight excluding hydrogens is 218 g/mol. The van der Waals surface area contributed by atoms with E-state index in [1.54, 1.807) is 23.2 Å². The van der Waals surface area contributed by atoms with Gasteiger partial charge in [-0.3, -0.25) is 4.79 Å². The minimum atomic E-state index is 0.531. The standard InChI is InChI=1S/C12H9N3O2/c1-15-11(6-13-14-15)9-4-8-2-3-17-12(8)10(5-9)7-16/h2-7H,1H3. The van der Waals surface area contributed by atoms with Gasteiger partial charge in [-0.1, -0.05) is 5.21 Å². The molecule has 0 radical (unpaired) electrons. The Hall–Kier alpha value is -2.43. The summed E-state index contributed by atoms with van der Waals surface area (Å²) in [5.41, 5.74) is 2.90. The van der Waals surface area contributed by atoms with Crippen molar-refractivity contribution in [3.63, 3.8) is 0 Å². The second-order valence-electron chi connectivity index (χ2n) is 3.77. The molecule has 5 heteroatoms. The largest absolute Gasteiger partial charge is 0.464 e. The van der Waals surface area contributed by atoms with Crippen LogP contribution in [-0.2, 0) is 7.05 Å². The lowest BCUT2D eigenvalue weighted by atomic mass is 10.1. The third kappa shape index (κ3) is 1.44. The van der Waals surface area contributed by atoms with E-state index in [1.807, 2.05) is 19.2 Å². The predicted octanol–water partition coefficient (Wildman–Crippen LogP) is 2.04. The molecule has 0 aliphatic heterocycles. The van der Waals surface area contributed by atoms with Crippen LogP contribution in [0.5, 0.6) is 0 Å². The van der Waals surface area contributed by atoms with Crippen molar-refractivity contribution in [1.29, 1.82) is 0 Å². The summed E-state index contributed by atoms with van der Waals surface area (Å²) in [4.78, 5) is 11.0. The van der Waals surface area contributed by atoms with Crippen LogP contribution in [0.25, 0.3) is 22.2 Å². The summed E-state index contributed by atoms with van der Waals surface area (Å²) in [5, 5.41) is 8.59. The Morgan fingerprint density at radius 3 is 3.00 bits per heavy atom. The van der Waals surface area contributed by atoms with E-state index < -0.39 is 0 Å². The van der Waals surface area contributed by atoms with Gasteiger partial charge in [-0.2, -0.15) is 0 Å². The molecule has 0 spiro atoms. The Bertz CT molecular complexity index is 697. The lowest BCUT2D eigenvalue weighted by Gasteiger charge is -2.02. The van der Waals surface area contributed by atoms with Gasteiger partial charge in [0.15, 0.2) is 6.29 Å². The van der Waals surface area contributed by atoms with Crippen molar-refractivity contribution in [2.24, 2.45) is 7.05 Å². The van der Waals surface area contributed by atoms with E-state index >= 15 is 0 Å². The second kappa shape index (κ2) is 3.55. The molecule has 0 saturated carbocycles. The van der Waals surface area contributed by atoms with Crippen LogP contribution in [0, 0.1) is 0 Å². The molecule has 0 unspecified atom stereocenters. The summed E-state index contributed by atoms with van der Waals surface area (Å²) in [6, 6.07) is 5.55. The van der Waals surface area contributed by atoms with Gasteiger partial charge in [-0.25, -0.2) is 4.68 Å². The van der Waals surface area contributed by atoms with E-state index in [2.05, 4.69) is 10.3 Å². The highest BCUT2D eigenvalue weighted by molar-refractivity contribution is 5.97. The van der Waals surface area contributed by atoms with Gasteiger partial charge in [0.05, 0.1) is 23.7 Å². The molecular formula is C12H9N3O2. The van der Waals surface area contributed by atoms with Crippen molar-refractivity contribution in [2.45, 2.75) is 0 Å². The molecule has 5 nitrogen and oxygen atoms in total. The van der Waals surface area contributed by atoms with Crippen LogP contribution in [0.1, 0.15) is 10.4 Å². The number of aldehydes is 1. The number of furan rings is 1. The first-order chi connectivity index (χ1) is 8.29. The topological polar surface area (TPSA) is 60.9 Å². The fourth-order valence-corrected chi connectivity index (χ4v) is 1.90. The van der Waals surface area contributed by atoms with Crippen molar-refractivity contribution in [1.82, 2.24) is 15.0 Å². The summed E-state index contributed by atoms with van der Waals surface area (Å²) in [7, 11) is 1.81. The highest BCUT2D eigenvalue weighted by atomic mass is 16.3. The van der Waals surface area contributed by atoms with E-state index in [9.17, 15) is 4.79 Å². The maximum absolute atomic E-state index is 11.0. The first kappa shape index (κ1) is 9.77. The number of hydrogen-bond acceptors (Lipinski definition) is 4. The van der Waals surface area contributed by atoms with E-state index in [0.717, 1.165) is 22.9 Å². The SMILES string of the molecule is Cn1nncc1-c1cc(C=O)c2occc2c1. The maximum atomic E-state index is 11.0. The fraction of sp³-hybridized carbons (Fsp3) is 0.0833. The van der Waals surface area contributed by atoms with Crippen molar-refractivity contribution in [3.05, 3.63) is 36.2 Å². The summed E-state index contributed by atoms with van der Waals surface area (Å²) < 4.78 is 6.94. The van der Waals surface area contributed by atoms with Gasteiger partial charge >= 0.3 is 0 Å². The molecule has 84 valence electrons. The molecule has 0 amide bonds. The highest BCUT2D eigenvalue weighted by Crippen LogP contribution is 2.26. The van der Waals surface area contributed by atoms with Crippen LogP contribution in [0.3, 0.4) is 0 Å². The van der Waals surface area contributed by atoms with Crippen molar-refractivity contribution in [3.8, 4) is 11.3 Å². The molecule has 2 aromatic heterocycles. The average Bonchev–Trinajstić information content (AvgIpc) is 2.95.